The number of aromatic nitrogens is 7. The Hall–Kier alpha value is -5.12. The summed E-state index contributed by atoms with van der Waals surface area (Å²) in [5.74, 6) is 0.642. The molecule has 37 heavy (non-hydrogen) atoms. The molecule has 5 heterocycles. The minimum Gasteiger partial charge on any atom is -0.335 e. The molecule has 10 nitrogen and oxygen atoms in total. The molecular formula is C27H23N9O. The number of urea groups is 1. The molecule has 182 valence electrons. The van der Waals surface area contributed by atoms with Crippen molar-refractivity contribution in [2.24, 2.45) is 0 Å². The van der Waals surface area contributed by atoms with Crippen molar-refractivity contribution in [3.63, 3.8) is 0 Å². The van der Waals surface area contributed by atoms with E-state index in [1.54, 1.807) is 38.9 Å². The summed E-state index contributed by atoms with van der Waals surface area (Å²) in [6, 6.07) is 11.9. The smallest absolute Gasteiger partial charge is 0.321 e. The summed E-state index contributed by atoms with van der Waals surface area (Å²) in [7, 11) is 3.37. The third-order valence-corrected chi connectivity index (χ3v) is 6.10. The number of H-pyrrole nitrogens is 2. The summed E-state index contributed by atoms with van der Waals surface area (Å²) < 4.78 is 0. The van der Waals surface area contributed by atoms with Gasteiger partial charge < -0.3 is 15.2 Å². The number of anilines is 1. The van der Waals surface area contributed by atoms with Crippen molar-refractivity contribution in [2.75, 3.05) is 19.4 Å². The number of carbonyl (C=O) groups is 1. The molecule has 2 amide bonds. The van der Waals surface area contributed by atoms with Gasteiger partial charge in [0.15, 0.2) is 11.5 Å². The van der Waals surface area contributed by atoms with Crippen LogP contribution in [0.2, 0.25) is 0 Å². The zero-order valence-electron chi connectivity index (χ0n) is 20.4. The van der Waals surface area contributed by atoms with Crippen molar-refractivity contribution < 1.29 is 4.79 Å². The normalized spacial score (nSPS) is 11.2. The first-order valence-electron chi connectivity index (χ1n) is 11.7. The van der Waals surface area contributed by atoms with Gasteiger partial charge in [-0.2, -0.15) is 5.10 Å². The standard InChI is InChI=1S/C27H23N9O/c1-15-5-4-6-16(7-15)21-13-29-14-22-23(21)33-26(32-22)24-20-9-18(11-30-25(20)35-34-24)17-8-19(12-28-10-17)31-27(37)36(2)3/h4-14H,1-3H3,(H,31,37)(H,32,33)(H,30,34,35). The first-order chi connectivity index (χ1) is 18.0. The number of benzene rings is 1. The lowest BCUT2D eigenvalue weighted by atomic mass is 10.0. The summed E-state index contributed by atoms with van der Waals surface area (Å²) in [5.41, 5.74) is 8.38. The molecule has 0 bridgehead atoms. The SMILES string of the molecule is Cc1cccc(-c2cncc3[nH]c(-c4[nH]nc5ncc(-c6cncc(NC(=O)N(C)C)c6)cc45)nc23)c1. The predicted octanol–water partition coefficient (Wildman–Crippen LogP) is 5.03. The van der Waals surface area contributed by atoms with E-state index in [2.05, 4.69) is 60.6 Å². The second-order valence-corrected chi connectivity index (χ2v) is 9.02. The molecule has 5 aromatic heterocycles. The van der Waals surface area contributed by atoms with Gasteiger partial charge in [0, 0.05) is 49.4 Å². The molecule has 0 aliphatic carbocycles. The van der Waals surface area contributed by atoms with Gasteiger partial charge in [0.2, 0.25) is 0 Å². The minimum absolute atomic E-state index is 0.228. The fraction of sp³-hybridized carbons (Fsp3) is 0.111. The summed E-state index contributed by atoms with van der Waals surface area (Å²) in [6.07, 6.45) is 8.68. The molecule has 0 spiro atoms. The second kappa shape index (κ2) is 8.83. The molecule has 0 aliphatic rings. The van der Waals surface area contributed by atoms with Gasteiger partial charge in [-0.15, -0.1) is 0 Å². The minimum atomic E-state index is -0.228. The Labute approximate surface area is 211 Å². The molecule has 1 aromatic carbocycles. The first kappa shape index (κ1) is 22.4. The average molecular weight is 490 g/mol. The van der Waals surface area contributed by atoms with E-state index in [1.165, 1.54) is 10.5 Å². The molecule has 0 saturated heterocycles. The van der Waals surface area contributed by atoms with Gasteiger partial charge in [-0.1, -0.05) is 29.8 Å². The van der Waals surface area contributed by atoms with Gasteiger partial charge >= 0.3 is 6.03 Å². The number of fused-ring (bicyclic) bond motifs is 2. The number of hydrogen-bond donors (Lipinski definition) is 3. The molecule has 0 radical (unpaired) electrons. The molecule has 0 unspecified atom stereocenters. The van der Waals surface area contributed by atoms with Crippen LogP contribution in [-0.4, -0.2) is 60.1 Å². The number of rotatable bonds is 4. The third kappa shape index (κ3) is 4.14. The number of amides is 2. The number of pyridine rings is 3. The Morgan fingerprint density at radius 2 is 1.78 bits per heavy atom. The first-order valence-corrected chi connectivity index (χ1v) is 11.7. The highest BCUT2D eigenvalue weighted by molar-refractivity contribution is 5.97. The molecule has 0 fully saturated rings. The van der Waals surface area contributed by atoms with Crippen LogP contribution >= 0.6 is 0 Å². The molecule has 0 atom stereocenters. The van der Waals surface area contributed by atoms with Crippen LogP contribution < -0.4 is 5.32 Å². The van der Waals surface area contributed by atoms with E-state index in [4.69, 9.17) is 4.98 Å². The van der Waals surface area contributed by atoms with E-state index >= 15 is 0 Å². The van der Waals surface area contributed by atoms with E-state index in [1.807, 2.05) is 24.4 Å². The van der Waals surface area contributed by atoms with Gasteiger partial charge in [0.1, 0.15) is 5.69 Å². The van der Waals surface area contributed by atoms with Crippen molar-refractivity contribution >= 4 is 33.8 Å². The Balaban J connectivity index is 1.41. The van der Waals surface area contributed by atoms with Crippen LogP contribution in [0.1, 0.15) is 5.56 Å². The van der Waals surface area contributed by atoms with Crippen molar-refractivity contribution in [1.82, 2.24) is 40.0 Å². The van der Waals surface area contributed by atoms with Crippen LogP contribution in [-0.2, 0) is 0 Å². The van der Waals surface area contributed by atoms with Gasteiger partial charge in [-0.05, 0) is 24.6 Å². The lowest BCUT2D eigenvalue weighted by molar-refractivity contribution is 0.230. The number of hydrogen-bond acceptors (Lipinski definition) is 6. The Kier molecular flexibility index (Phi) is 5.33. The quantitative estimate of drug-likeness (QED) is 0.319. The number of nitrogens with zero attached hydrogens (tertiary/aromatic N) is 6. The van der Waals surface area contributed by atoms with E-state index in [9.17, 15) is 4.79 Å². The topological polar surface area (TPSA) is 128 Å². The maximum atomic E-state index is 12.1. The summed E-state index contributed by atoms with van der Waals surface area (Å²) in [4.78, 5) is 35.1. The van der Waals surface area contributed by atoms with E-state index in [0.717, 1.165) is 44.4 Å². The zero-order valence-corrected chi connectivity index (χ0v) is 20.4. The second-order valence-electron chi connectivity index (χ2n) is 9.02. The fourth-order valence-electron chi connectivity index (χ4n) is 4.21. The van der Waals surface area contributed by atoms with Crippen LogP contribution in [0.4, 0.5) is 10.5 Å². The number of nitrogens with one attached hydrogen (secondary N) is 3. The highest BCUT2D eigenvalue weighted by Crippen LogP contribution is 2.32. The molecular weight excluding hydrogens is 466 g/mol. The van der Waals surface area contributed by atoms with Crippen LogP contribution in [0.3, 0.4) is 0 Å². The summed E-state index contributed by atoms with van der Waals surface area (Å²) >= 11 is 0. The average Bonchev–Trinajstić information content (AvgIpc) is 3.52. The van der Waals surface area contributed by atoms with E-state index < -0.39 is 0 Å². The van der Waals surface area contributed by atoms with Gasteiger partial charge in [-0.25, -0.2) is 14.8 Å². The number of aromatic amines is 2. The Morgan fingerprint density at radius 3 is 2.62 bits per heavy atom. The number of aryl methyl sites for hydroxylation is 1. The summed E-state index contributed by atoms with van der Waals surface area (Å²) in [5, 5.41) is 11.1. The highest BCUT2D eigenvalue weighted by Gasteiger charge is 2.17. The number of carbonyl (C=O) groups excluding carboxylic acids is 1. The molecule has 10 heteroatoms. The van der Waals surface area contributed by atoms with Crippen molar-refractivity contribution in [1.29, 1.82) is 0 Å². The molecule has 6 rings (SSSR count). The van der Waals surface area contributed by atoms with Crippen molar-refractivity contribution in [3.05, 3.63) is 72.9 Å². The fourth-order valence-corrected chi connectivity index (χ4v) is 4.21. The lowest BCUT2D eigenvalue weighted by Crippen LogP contribution is -2.27. The molecule has 6 aromatic rings. The van der Waals surface area contributed by atoms with Gasteiger partial charge in [-0.3, -0.25) is 15.1 Å². The largest absolute Gasteiger partial charge is 0.335 e. The van der Waals surface area contributed by atoms with Crippen LogP contribution in [0.25, 0.3) is 55.8 Å². The maximum Gasteiger partial charge on any atom is 0.321 e. The van der Waals surface area contributed by atoms with Crippen LogP contribution in [0.15, 0.2) is 67.4 Å². The maximum absolute atomic E-state index is 12.1. The van der Waals surface area contributed by atoms with Crippen molar-refractivity contribution in [2.45, 2.75) is 6.92 Å². The van der Waals surface area contributed by atoms with Crippen LogP contribution in [0.5, 0.6) is 0 Å². The van der Waals surface area contributed by atoms with E-state index in [0.29, 0.717) is 17.2 Å². The molecule has 0 saturated carbocycles. The van der Waals surface area contributed by atoms with Crippen LogP contribution in [0, 0.1) is 6.92 Å². The molecule has 3 N–H and O–H groups in total. The van der Waals surface area contributed by atoms with Gasteiger partial charge in [0.05, 0.1) is 34.5 Å². The molecule has 0 aliphatic heterocycles. The number of imidazole rings is 1. The van der Waals surface area contributed by atoms with E-state index in [-0.39, 0.29) is 6.03 Å². The monoisotopic (exact) mass is 489 g/mol. The predicted molar refractivity (Wildman–Crippen MR) is 143 cm³/mol. The highest BCUT2D eigenvalue weighted by atomic mass is 16.2. The Bertz CT molecular complexity index is 1780. The zero-order chi connectivity index (χ0) is 25.5. The third-order valence-electron chi connectivity index (χ3n) is 6.10. The lowest BCUT2D eigenvalue weighted by Gasteiger charge is -2.12. The van der Waals surface area contributed by atoms with Gasteiger partial charge in [0.25, 0.3) is 0 Å². The van der Waals surface area contributed by atoms with Crippen molar-refractivity contribution in [3.8, 4) is 33.8 Å². The summed E-state index contributed by atoms with van der Waals surface area (Å²) in [6.45, 7) is 2.07. The Morgan fingerprint density at radius 1 is 0.946 bits per heavy atom.